The van der Waals surface area contributed by atoms with E-state index in [4.69, 9.17) is 20.2 Å². The van der Waals surface area contributed by atoms with Crippen molar-refractivity contribution in [3.05, 3.63) is 65.7 Å². The van der Waals surface area contributed by atoms with Crippen molar-refractivity contribution >= 4 is 50.7 Å². The number of nitrogens with one attached hydrogen (secondary N) is 2. The minimum absolute atomic E-state index is 0.113. The fourth-order valence-electron chi connectivity index (χ4n) is 3.78. The molecule has 0 aliphatic rings. The quantitative estimate of drug-likeness (QED) is 0.232. The highest BCUT2D eigenvalue weighted by atomic mass is 16.5. The minimum atomic E-state index is -0.369. The highest BCUT2D eigenvalue weighted by Crippen LogP contribution is 2.38. The molecule has 0 radical (unpaired) electrons. The fourth-order valence-corrected chi connectivity index (χ4v) is 3.78. The van der Waals surface area contributed by atoms with Crippen molar-refractivity contribution in [1.82, 2.24) is 10.3 Å². The maximum Gasteiger partial charge on any atom is 0.302 e. The maximum atomic E-state index is 12.5. The molecule has 0 unspecified atom stereocenters. The predicted octanol–water partition coefficient (Wildman–Crippen LogP) is 4.15. The van der Waals surface area contributed by atoms with Crippen LogP contribution in [0.15, 0.2) is 54.6 Å². The number of nitrogens with two attached hydrogens (primary N) is 1. The monoisotopic (exact) mass is 444 g/mol. The van der Waals surface area contributed by atoms with Gasteiger partial charge in [0, 0.05) is 36.1 Å². The zero-order valence-electron chi connectivity index (χ0n) is 18.6. The number of rotatable bonds is 6. The summed E-state index contributed by atoms with van der Waals surface area (Å²) in [6, 6.07) is 16.5. The van der Waals surface area contributed by atoms with Crippen LogP contribution in [-0.2, 0) is 16.1 Å². The Morgan fingerprint density at radius 1 is 1.03 bits per heavy atom. The Hall–Kier alpha value is -4.33. The molecular weight excluding hydrogens is 420 g/mol. The summed E-state index contributed by atoms with van der Waals surface area (Å²) in [7, 11) is 3.16. The van der Waals surface area contributed by atoms with E-state index in [1.807, 2.05) is 36.4 Å². The first-order valence-electron chi connectivity index (χ1n) is 10.3. The lowest BCUT2D eigenvalue weighted by Gasteiger charge is -2.17. The SMILES string of the molecule is CNC(=O)c1cccc2c(Nc3cc(N)cc(COC(C)=O)c3)c3cccc(OC)c3nc12. The van der Waals surface area contributed by atoms with E-state index in [2.05, 4.69) is 10.6 Å². The summed E-state index contributed by atoms with van der Waals surface area (Å²) >= 11 is 0. The van der Waals surface area contributed by atoms with Crippen molar-refractivity contribution in [3.63, 3.8) is 0 Å². The second-order valence-electron chi connectivity index (χ2n) is 7.49. The predicted molar refractivity (Wildman–Crippen MR) is 129 cm³/mol. The van der Waals surface area contributed by atoms with Gasteiger partial charge in [-0.3, -0.25) is 9.59 Å². The Bertz CT molecular complexity index is 1380. The summed E-state index contributed by atoms with van der Waals surface area (Å²) < 4.78 is 10.7. The van der Waals surface area contributed by atoms with E-state index >= 15 is 0 Å². The second kappa shape index (κ2) is 9.04. The maximum absolute atomic E-state index is 12.5. The van der Waals surface area contributed by atoms with E-state index in [-0.39, 0.29) is 18.5 Å². The molecule has 8 heteroatoms. The first-order chi connectivity index (χ1) is 15.9. The number of anilines is 3. The number of carbonyl (C=O) groups excluding carboxylic acids is 2. The van der Waals surface area contributed by atoms with Gasteiger partial charge in [-0.05, 0) is 35.9 Å². The molecule has 168 valence electrons. The van der Waals surface area contributed by atoms with E-state index in [0.29, 0.717) is 33.7 Å². The van der Waals surface area contributed by atoms with Gasteiger partial charge in [0.2, 0.25) is 0 Å². The van der Waals surface area contributed by atoms with Gasteiger partial charge in [0.1, 0.15) is 17.9 Å². The lowest BCUT2D eigenvalue weighted by Crippen LogP contribution is -2.18. The summed E-state index contributed by atoms with van der Waals surface area (Å²) in [5.74, 6) is -0.0138. The average molecular weight is 444 g/mol. The Balaban J connectivity index is 1.94. The molecule has 0 aliphatic carbocycles. The van der Waals surface area contributed by atoms with Crippen molar-refractivity contribution in [1.29, 1.82) is 0 Å². The fraction of sp³-hybridized carbons (Fsp3) is 0.160. The number of methoxy groups -OCH3 is 1. The van der Waals surface area contributed by atoms with Crippen LogP contribution in [0.2, 0.25) is 0 Å². The average Bonchev–Trinajstić information content (AvgIpc) is 2.81. The molecule has 4 aromatic rings. The van der Waals surface area contributed by atoms with Crippen LogP contribution in [0.5, 0.6) is 5.75 Å². The highest BCUT2D eigenvalue weighted by molar-refractivity contribution is 6.15. The number of hydrogen-bond donors (Lipinski definition) is 3. The van der Waals surface area contributed by atoms with Crippen molar-refractivity contribution in [2.45, 2.75) is 13.5 Å². The van der Waals surface area contributed by atoms with Crippen LogP contribution in [-0.4, -0.2) is 31.0 Å². The van der Waals surface area contributed by atoms with E-state index < -0.39 is 0 Å². The molecule has 0 atom stereocenters. The third-order valence-corrected chi connectivity index (χ3v) is 5.22. The molecule has 0 fully saturated rings. The number of para-hydroxylation sites is 2. The van der Waals surface area contributed by atoms with E-state index in [9.17, 15) is 9.59 Å². The number of carbonyl (C=O) groups is 2. The van der Waals surface area contributed by atoms with Gasteiger partial charge in [0.25, 0.3) is 5.91 Å². The molecule has 1 heterocycles. The van der Waals surface area contributed by atoms with Crippen LogP contribution in [0.4, 0.5) is 17.1 Å². The number of aromatic nitrogens is 1. The number of hydrogen-bond acceptors (Lipinski definition) is 7. The van der Waals surface area contributed by atoms with Gasteiger partial charge < -0.3 is 25.8 Å². The lowest BCUT2D eigenvalue weighted by atomic mass is 10.0. The summed E-state index contributed by atoms with van der Waals surface area (Å²) in [6.07, 6.45) is 0. The molecule has 1 aromatic heterocycles. The smallest absolute Gasteiger partial charge is 0.302 e. The molecule has 0 spiro atoms. The number of nitrogen functional groups attached to an aromatic ring is 1. The van der Waals surface area contributed by atoms with Crippen LogP contribution in [0, 0.1) is 0 Å². The van der Waals surface area contributed by atoms with Gasteiger partial charge in [0.15, 0.2) is 0 Å². The molecule has 4 rings (SSSR count). The lowest BCUT2D eigenvalue weighted by molar-refractivity contribution is -0.142. The topological polar surface area (TPSA) is 116 Å². The largest absolute Gasteiger partial charge is 0.494 e. The Labute approximate surface area is 190 Å². The van der Waals surface area contributed by atoms with Gasteiger partial charge >= 0.3 is 5.97 Å². The first kappa shape index (κ1) is 21.9. The molecule has 33 heavy (non-hydrogen) atoms. The molecule has 4 N–H and O–H groups in total. The number of nitrogens with zero attached hydrogens (tertiary/aromatic N) is 1. The molecule has 8 nitrogen and oxygen atoms in total. The summed E-state index contributed by atoms with van der Waals surface area (Å²) in [6.45, 7) is 1.47. The molecular formula is C25H24N4O4. The van der Waals surface area contributed by atoms with Crippen LogP contribution in [0.25, 0.3) is 21.8 Å². The first-order valence-corrected chi connectivity index (χ1v) is 10.3. The van der Waals surface area contributed by atoms with E-state index in [0.717, 1.165) is 22.0 Å². The van der Waals surface area contributed by atoms with Crippen LogP contribution < -0.4 is 21.1 Å². The van der Waals surface area contributed by atoms with Crippen LogP contribution >= 0.6 is 0 Å². The summed E-state index contributed by atoms with van der Waals surface area (Å²) in [4.78, 5) is 28.6. The number of esters is 1. The number of fused-ring (bicyclic) bond motifs is 2. The van der Waals surface area contributed by atoms with Gasteiger partial charge in [-0.2, -0.15) is 0 Å². The Kier molecular flexibility index (Phi) is 5.99. The Morgan fingerprint density at radius 3 is 2.45 bits per heavy atom. The third-order valence-electron chi connectivity index (χ3n) is 5.22. The summed E-state index contributed by atoms with van der Waals surface area (Å²) in [5.41, 5.74) is 10.5. The van der Waals surface area contributed by atoms with E-state index in [1.165, 1.54) is 6.92 Å². The number of ether oxygens (including phenoxy) is 2. The molecule has 0 aliphatic heterocycles. The van der Waals surface area contributed by atoms with Gasteiger partial charge in [-0.25, -0.2) is 4.98 Å². The number of benzene rings is 3. The molecule has 1 amide bonds. The van der Waals surface area contributed by atoms with Crippen molar-refractivity contribution in [2.24, 2.45) is 0 Å². The number of pyridine rings is 1. The van der Waals surface area contributed by atoms with Crippen LogP contribution in [0.1, 0.15) is 22.8 Å². The minimum Gasteiger partial charge on any atom is -0.494 e. The molecule has 3 aromatic carbocycles. The van der Waals surface area contributed by atoms with Crippen molar-refractivity contribution in [2.75, 3.05) is 25.2 Å². The molecule has 0 saturated heterocycles. The normalized spacial score (nSPS) is 10.8. The molecule has 0 bridgehead atoms. The van der Waals surface area contributed by atoms with Crippen molar-refractivity contribution < 1.29 is 19.1 Å². The summed E-state index contributed by atoms with van der Waals surface area (Å²) in [5, 5.41) is 7.70. The van der Waals surface area contributed by atoms with Gasteiger partial charge in [-0.15, -0.1) is 0 Å². The van der Waals surface area contributed by atoms with Crippen molar-refractivity contribution in [3.8, 4) is 5.75 Å². The zero-order valence-corrected chi connectivity index (χ0v) is 18.6. The van der Waals surface area contributed by atoms with Crippen LogP contribution in [0.3, 0.4) is 0 Å². The highest BCUT2D eigenvalue weighted by Gasteiger charge is 2.17. The number of amides is 1. The zero-order chi connectivity index (χ0) is 23.5. The second-order valence-corrected chi connectivity index (χ2v) is 7.49. The molecule has 0 saturated carbocycles. The Morgan fingerprint density at radius 2 is 1.76 bits per heavy atom. The third kappa shape index (κ3) is 4.36. The van der Waals surface area contributed by atoms with E-state index in [1.54, 1.807) is 32.4 Å². The standard InChI is InChI=1S/C25H24N4O4/c1-14(30)33-13-15-10-16(26)12-17(11-15)28-22-18-6-4-8-20(25(31)27-2)23(18)29-24-19(22)7-5-9-21(24)32-3/h4-12H,13,26H2,1-3H3,(H,27,31)(H,28,29). The van der Waals surface area contributed by atoms with Gasteiger partial charge in [0.05, 0.1) is 23.9 Å². The van der Waals surface area contributed by atoms with Gasteiger partial charge in [-0.1, -0.05) is 24.3 Å².